The van der Waals surface area contributed by atoms with Gasteiger partial charge in [0.05, 0.1) is 0 Å². The first-order chi connectivity index (χ1) is 9.93. The van der Waals surface area contributed by atoms with Gasteiger partial charge in [-0.15, -0.1) is 0 Å². The summed E-state index contributed by atoms with van der Waals surface area (Å²) in [5.41, 5.74) is 5.41. The molecule has 0 unspecified atom stereocenters. The maximum absolute atomic E-state index is 3.57. The Labute approximate surface area is 117 Å². The highest BCUT2D eigenvalue weighted by Gasteiger charge is 2.22. The molecule has 0 nitrogen and oxygen atoms in total. The molecule has 1 radical (unpaired) electrons. The lowest BCUT2D eigenvalue weighted by Crippen LogP contribution is -1.81. The standard InChI is InChI=1S/C20H11/c1-2-8-15-13(6-1)12-14-7-5-11-17-16-9-3-4-10-18(16)20(15)19(14)17/h1-11H. The molecule has 0 aliphatic heterocycles. The third-order valence-corrected chi connectivity index (χ3v) is 4.27. The van der Waals surface area contributed by atoms with Crippen molar-refractivity contribution in [3.8, 4) is 22.3 Å². The van der Waals surface area contributed by atoms with E-state index in [9.17, 15) is 0 Å². The van der Waals surface area contributed by atoms with Gasteiger partial charge in [0.2, 0.25) is 0 Å². The second-order valence-electron chi connectivity index (χ2n) is 5.32. The van der Waals surface area contributed by atoms with Gasteiger partial charge in [-0.3, -0.25) is 0 Å². The van der Waals surface area contributed by atoms with Crippen molar-refractivity contribution in [1.29, 1.82) is 0 Å². The molecule has 0 bridgehead atoms. The summed E-state index contributed by atoms with van der Waals surface area (Å²) in [5.74, 6) is 0. The average Bonchev–Trinajstić information content (AvgIpc) is 2.85. The molecule has 0 heterocycles. The summed E-state index contributed by atoms with van der Waals surface area (Å²) < 4.78 is 0. The molecule has 91 valence electrons. The predicted molar refractivity (Wildman–Crippen MR) is 84.7 cm³/mol. The number of hydrogen-bond donors (Lipinski definition) is 0. The van der Waals surface area contributed by atoms with Crippen LogP contribution >= 0.6 is 0 Å². The summed E-state index contributed by atoms with van der Waals surface area (Å²) in [5, 5.41) is 5.07. The zero-order valence-electron chi connectivity index (χ0n) is 10.9. The second-order valence-corrected chi connectivity index (χ2v) is 5.32. The number of rotatable bonds is 0. The van der Waals surface area contributed by atoms with Crippen molar-refractivity contribution >= 4 is 21.5 Å². The molecule has 0 N–H and O–H groups in total. The Morgan fingerprint density at radius 3 is 2.20 bits per heavy atom. The van der Waals surface area contributed by atoms with Crippen LogP contribution in [0.3, 0.4) is 0 Å². The zero-order chi connectivity index (χ0) is 13.1. The Morgan fingerprint density at radius 1 is 0.550 bits per heavy atom. The maximum atomic E-state index is 3.57. The van der Waals surface area contributed by atoms with Gasteiger partial charge in [0.1, 0.15) is 0 Å². The van der Waals surface area contributed by atoms with Gasteiger partial charge in [0, 0.05) is 0 Å². The highest BCUT2D eigenvalue weighted by molar-refractivity contribution is 6.23. The monoisotopic (exact) mass is 251 g/mol. The Morgan fingerprint density at radius 2 is 1.25 bits per heavy atom. The van der Waals surface area contributed by atoms with Crippen LogP contribution in [0.5, 0.6) is 0 Å². The molecule has 4 aromatic carbocycles. The van der Waals surface area contributed by atoms with E-state index in [-0.39, 0.29) is 0 Å². The van der Waals surface area contributed by atoms with E-state index in [1.165, 1.54) is 43.8 Å². The SMILES string of the molecule is [c]1c2ccccc2c2c3c(cccc13)-c1ccccc1-2. The van der Waals surface area contributed by atoms with Crippen LogP contribution in [0, 0.1) is 6.07 Å². The lowest BCUT2D eigenvalue weighted by molar-refractivity contribution is 1.70. The molecule has 20 heavy (non-hydrogen) atoms. The minimum Gasteiger partial charge on any atom is -0.0616 e. The van der Waals surface area contributed by atoms with Crippen LogP contribution in [-0.4, -0.2) is 0 Å². The summed E-state index contributed by atoms with van der Waals surface area (Å²) in [6, 6.07) is 27.3. The van der Waals surface area contributed by atoms with E-state index < -0.39 is 0 Å². The zero-order valence-corrected chi connectivity index (χ0v) is 10.9. The van der Waals surface area contributed by atoms with E-state index in [2.05, 4.69) is 72.8 Å². The van der Waals surface area contributed by atoms with Crippen molar-refractivity contribution in [3.05, 3.63) is 72.8 Å². The van der Waals surface area contributed by atoms with Gasteiger partial charge >= 0.3 is 0 Å². The minimum atomic E-state index is 1.20. The third-order valence-electron chi connectivity index (χ3n) is 4.27. The second kappa shape index (κ2) is 3.49. The molecule has 1 aliphatic rings. The fourth-order valence-corrected chi connectivity index (χ4v) is 3.46. The first kappa shape index (κ1) is 10.2. The van der Waals surface area contributed by atoms with Crippen molar-refractivity contribution in [2.24, 2.45) is 0 Å². The van der Waals surface area contributed by atoms with E-state index in [4.69, 9.17) is 0 Å². The lowest BCUT2D eigenvalue weighted by Gasteiger charge is -2.07. The Bertz CT molecular complexity index is 993. The predicted octanol–water partition coefficient (Wildman–Crippen LogP) is 5.44. The maximum Gasteiger partial charge on any atom is -0.00137 e. The van der Waals surface area contributed by atoms with Gasteiger partial charge in [-0.05, 0) is 49.9 Å². The Hall–Kier alpha value is -2.60. The molecule has 4 aromatic rings. The van der Waals surface area contributed by atoms with Crippen LogP contribution in [0.2, 0.25) is 0 Å². The molecule has 0 amide bonds. The molecule has 0 fully saturated rings. The van der Waals surface area contributed by atoms with Crippen LogP contribution in [-0.2, 0) is 0 Å². The van der Waals surface area contributed by atoms with Gasteiger partial charge in [-0.1, -0.05) is 66.7 Å². The highest BCUT2D eigenvalue weighted by atomic mass is 14.2. The largest absolute Gasteiger partial charge is 0.0616 e. The summed E-state index contributed by atoms with van der Waals surface area (Å²) in [4.78, 5) is 0. The topological polar surface area (TPSA) is 0 Å². The smallest absolute Gasteiger partial charge is 0.00137 e. The first-order valence-corrected chi connectivity index (χ1v) is 6.90. The van der Waals surface area contributed by atoms with Crippen molar-refractivity contribution < 1.29 is 0 Å². The molecule has 0 heteroatoms. The fraction of sp³-hybridized carbons (Fsp3) is 0. The van der Waals surface area contributed by atoms with Crippen molar-refractivity contribution in [2.45, 2.75) is 0 Å². The van der Waals surface area contributed by atoms with Gasteiger partial charge in [0.15, 0.2) is 0 Å². The molecule has 1 aliphatic carbocycles. The van der Waals surface area contributed by atoms with E-state index >= 15 is 0 Å². The summed E-state index contributed by atoms with van der Waals surface area (Å²) in [6.07, 6.45) is 0. The van der Waals surface area contributed by atoms with Crippen molar-refractivity contribution in [2.75, 3.05) is 0 Å². The normalized spacial score (nSPS) is 12.0. The van der Waals surface area contributed by atoms with Gasteiger partial charge in [0.25, 0.3) is 0 Å². The first-order valence-electron chi connectivity index (χ1n) is 6.90. The van der Waals surface area contributed by atoms with Crippen LogP contribution in [0.4, 0.5) is 0 Å². The molecule has 0 saturated heterocycles. The van der Waals surface area contributed by atoms with Crippen LogP contribution in [0.25, 0.3) is 43.8 Å². The molecule has 0 saturated carbocycles. The van der Waals surface area contributed by atoms with Crippen molar-refractivity contribution in [1.82, 2.24) is 0 Å². The van der Waals surface area contributed by atoms with Crippen molar-refractivity contribution in [3.63, 3.8) is 0 Å². The minimum absolute atomic E-state index is 1.20. The lowest BCUT2D eigenvalue weighted by atomic mass is 9.96. The summed E-state index contributed by atoms with van der Waals surface area (Å²) in [7, 11) is 0. The van der Waals surface area contributed by atoms with Crippen LogP contribution < -0.4 is 0 Å². The Balaban J connectivity index is 2.15. The molecule has 0 atom stereocenters. The summed E-state index contributed by atoms with van der Waals surface area (Å²) in [6.45, 7) is 0. The van der Waals surface area contributed by atoms with Gasteiger partial charge in [-0.25, -0.2) is 0 Å². The van der Waals surface area contributed by atoms with E-state index in [1.54, 1.807) is 0 Å². The number of fused-ring (bicyclic) bond motifs is 5. The van der Waals surface area contributed by atoms with Crippen LogP contribution in [0.1, 0.15) is 0 Å². The highest BCUT2D eigenvalue weighted by Crippen LogP contribution is 2.49. The molecule has 0 spiro atoms. The third kappa shape index (κ3) is 1.12. The van der Waals surface area contributed by atoms with Crippen LogP contribution in [0.15, 0.2) is 66.7 Å². The molecule has 0 aromatic heterocycles. The van der Waals surface area contributed by atoms with Gasteiger partial charge in [-0.2, -0.15) is 0 Å². The average molecular weight is 251 g/mol. The Kier molecular flexibility index (Phi) is 1.78. The van der Waals surface area contributed by atoms with E-state index in [0.29, 0.717) is 0 Å². The molecular formula is C20H11. The summed E-state index contributed by atoms with van der Waals surface area (Å²) >= 11 is 0. The molecule has 5 rings (SSSR count). The van der Waals surface area contributed by atoms with E-state index in [1.807, 2.05) is 0 Å². The quantitative estimate of drug-likeness (QED) is 0.321. The number of benzene rings is 4. The van der Waals surface area contributed by atoms with E-state index in [0.717, 1.165) is 0 Å². The fourth-order valence-electron chi connectivity index (χ4n) is 3.46. The molecular weight excluding hydrogens is 240 g/mol. The van der Waals surface area contributed by atoms with Gasteiger partial charge < -0.3 is 0 Å². The number of hydrogen-bond acceptors (Lipinski definition) is 0.